The number of phenols is 1. The van der Waals surface area contributed by atoms with Crippen LogP contribution in [0.15, 0.2) is 24.3 Å². The third-order valence-corrected chi connectivity index (χ3v) is 1.53. The molecule has 0 heterocycles. The molecule has 12 heavy (non-hydrogen) atoms. The van der Waals surface area contributed by atoms with Crippen molar-refractivity contribution in [3.63, 3.8) is 0 Å². The van der Waals surface area contributed by atoms with E-state index in [-0.39, 0.29) is 24.8 Å². The normalized spacial score (nSPS) is 11.8. The summed E-state index contributed by atoms with van der Waals surface area (Å²) in [5, 5.41) is 17.9. The van der Waals surface area contributed by atoms with Gasteiger partial charge in [-0.25, -0.2) is 0 Å². The molecule has 0 aliphatic rings. The number of hydrogen-bond donors (Lipinski definition) is 3. The van der Waals surface area contributed by atoms with E-state index in [2.05, 4.69) is 0 Å². The molecule has 0 fully saturated rings. The van der Waals surface area contributed by atoms with E-state index in [0.29, 0.717) is 5.56 Å². The Morgan fingerprint density at radius 1 is 1.33 bits per heavy atom. The molecule has 4 heteroatoms. The van der Waals surface area contributed by atoms with Crippen LogP contribution in [-0.4, -0.2) is 16.8 Å². The fraction of sp³-hybridized carbons (Fsp3) is 0.250. The Labute approximate surface area is 77.2 Å². The van der Waals surface area contributed by atoms with Gasteiger partial charge in [0.05, 0.1) is 12.6 Å². The van der Waals surface area contributed by atoms with Crippen molar-refractivity contribution in [1.29, 1.82) is 0 Å². The van der Waals surface area contributed by atoms with Crippen LogP contribution in [0.25, 0.3) is 0 Å². The average Bonchev–Trinajstić information content (AvgIpc) is 2.04. The smallest absolute Gasteiger partial charge is 0.120 e. The van der Waals surface area contributed by atoms with Gasteiger partial charge < -0.3 is 15.9 Å². The van der Waals surface area contributed by atoms with Gasteiger partial charge in [0.1, 0.15) is 5.75 Å². The molecule has 1 aromatic rings. The van der Waals surface area contributed by atoms with Gasteiger partial charge in [-0.2, -0.15) is 0 Å². The van der Waals surface area contributed by atoms with E-state index in [1.165, 1.54) is 0 Å². The minimum Gasteiger partial charge on any atom is -0.508 e. The quantitative estimate of drug-likeness (QED) is 0.645. The van der Waals surface area contributed by atoms with Gasteiger partial charge in [-0.15, -0.1) is 12.4 Å². The van der Waals surface area contributed by atoms with E-state index >= 15 is 0 Å². The van der Waals surface area contributed by atoms with Gasteiger partial charge in [0, 0.05) is 5.56 Å². The summed E-state index contributed by atoms with van der Waals surface area (Å²) in [7, 11) is 0. The number of benzene rings is 1. The molecule has 68 valence electrons. The zero-order valence-corrected chi connectivity index (χ0v) is 7.29. The summed E-state index contributed by atoms with van der Waals surface area (Å²) in [6.07, 6.45) is 0. The van der Waals surface area contributed by atoms with Gasteiger partial charge in [-0.05, 0) is 6.07 Å². The molecule has 0 bridgehead atoms. The molecule has 1 rings (SSSR count). The number of aromatic hydroxyl groups is 1. The Morgan fingerprint density at radius 3 is 2.42 bits per heavy atom. The third-order valence-electron chi connectivity index (χ3n) is 1.53. The minimum atomic E-state index is -0.490. The lowest BCUT2D eigenvalue weighted by Gasteiger charge is -2.09. The maximum Gasteiger partial charge on any atom is 0.120 e. The zero-order chi connectivity index (χ0) is 8.27. The molecule has 0 spiro atoms. The van der Waals surface area contributed by atoms with Gasteiger partial charge in [0.15, 0.2) is 0 Å². The van der Waals surface area contributed by atoms with Gasteiger partial charge in [-0.3, -0.25) is 0 Å². The fourth-order valence-corrected chi connectivity index (χ4v) is 0.899. The highest BCUT2D eigenvalue weighted by molar-refractivity contribution is 5.85. The summed E-state index contributed by atoms with van der Waals surface area (Å²) < 4.78 is 0. The summed E-state index contributed by atoms with van der Waals surface area (Å²) in [5.41, 5.74) is 6.06. The monoisotopic (exact) mass is 189 g/mol. The minimum absolute atomic E-state index is 0. The van der Waals surface area contributed by atoms with Crippen molar-refractivity contribution < 1.29 is 10.2 Å². The Balaban J connectivity index is 0.00000121. The second-order valence-electron chi connectivity index (χ2n) is 2.35. The number of nitrogens with two attached hydrogens (primary N) is 1. The molecular weight excluding hydrogens is 178 g/mol. The average molecular weight is 190 g/mol. The van der Waals surface area contributed by atoms with E-state index in [1.54, 1.807) is 24.3 Å². The molecule has 0 saturated carbocycles. The summed E-state index contributed by atoms with van der Waals surface area (Å²) >= 11 is 0. The highest BCUT2D eigenvalue weighted by atomic mass is 35.5. The second kappa shape index (κ2) is 4.98. The molecular formula is C8H12ClNO2. The van der Waals surface area contributed by atoms with Crippen molar-refractivity contribution >= 4 is 12.4 Å². The molecule has 1 unspecified atom stereocenters. The van der Waals surface area contributed by atoms with Gasteiger partial charge in [-0.1, -0.05) is 18.2 Å². The van der Waals surface area contributed by atoms with E-state index in [9.17, 15) is 5.11 Å². The van der Waals surface area contributed by atoms with E-state index in [1.807, 2.05) is 0 Å². The number of para-hydroxylation sites is 1. The summed E-state index contributed by atoms with van der Waals surface area (Å²) in [5.74, 6) is 0.133. The first-order valence-corrected chi connectivity index (χ1v) is 3.40. The maximum atomic E-state index is 9.22. The van der Waals surface area contributed by atoms with Crippen LogP contribution in [0, 0.1) is 0 Å². The van der Waals surface area contributed by atoms with Gasteiger partial charge >= 0.3 is 0 Å². The number of halogens is 1. The van der Waals surface area contributed by atoms with Gasteiger partial charge in [0.2, 0.25) is 0 Å². The molecule has 0 aliphatic carbocycles. The molecule has 0 amide bonds. The maximum absolute atomic E-state index is 9.22. The van der Waals surface area contributed by atoms with Crippen molar-refractivity contribution in [3.05, 3.63) is 29.8 Å². The third kappa shape index (κ3) is 2.37. The molecule has 0 aromatic heterocycles. The van der Waals surface area contributed by atoms with Crippen molar-refractivity contribution in [2.75, 3.05) is 6.61 Å². The summed E-state index contributed by atoms with van der Waals surface area (Å²) in [6.45, 7) is -0.155. The van der Waals surface area contributed by atoms with Crippen LogP contribution in [-0.2, 0) is 0 Å². The molecule has 3 nitrogen and oxygen atoms in total. The van der Waals surface area contributed by atoms with Crippen LogP contribution in [0.1, 0.15) is 11.6 Å². The fourth-order valence-electron chi connectivity index (χ4n) is 0.899. The van der Waals surface area contributed by atoms with Crippen molar-refractivity contribution in [2.45, 2.75) is 6.04 Å². The highest BCUT2D eigenvalue weighted by Crippen LogP contribution is 2.20. The number of aliphatic hydroxyl groups is 1. The molecule has 0 saturated heterocycles. The van der Waals surface area contributed by atoms with Crippen LogP contribution in [0.4, 0.5) is 0 Å². The largest absolute Gasteiger partial charge is 0.508 e. The molecule has 0 aliphatic heterocycles. The molecule has 1 atom stereocenters. The van der Waals surface area contributed by atoms with Crippen LogP contribution in [0.2, 0.25) is 0 Å². The number of phenolic OH excluding ortho intramolecular Hbond substituents is 1. The second-order valence-corrected chi connectivity index (χ2v) is 2.35. The first-order chi connectivity index (χ1) is 5.25. The standard InChI is InChI=1S/C8H11NO2.ClH/c9-7(5-10)6-3-1-2-4-8(6)11;/h1-4,7,10-11H,5,9H2;1H. The van der Waals surface area contributed by atoms with E-state index in [0.717, 1.165) is 0 Å². The Morgan fingerprint density at radius 2 is 1.92 bits per heavy atom. The zero-order valence-electron chi connectivity index (χ0n) is 6.47. The summed E-state index contributed by atoms with van der Waals surface area (Å²) in [6, 6.07) is 6.23. The van der Waals surface area contributed by atoms with Crippen molar-refractivity contribution in [3.8, 4) is 5.75 Å². The predicted octanol–water partition coefficient (Wildman–Crippen LogP) is 0.806. The predicted molar refractivity (Wildman–Crippen MR) is 49.4 cm³/mol. The number of hydrogen-bond acceptors (Lipinski definition) is 3. The lowest BCUT2D eigenvalue weighted by atomic mass is 10.1. The van der Waals surface area contributed by atoms with Crippen LogP contribution < -0.4 is 5.73 Å². The van der Waals surface area contributed by atoms with Crippen LogP contribution in [0.5, 0.6) is 5.75 Å². The van der Waals surface area contributed by atoms with E-state index < -0.39 is 6.04 Å². The number of rotatable bonds is 2. The molecule has 1 aromatic carbocycles. The van der Waals surface area contributed by atoms with Crippen molar-refractivity contribution in [1.82, 2.24) is 0 Å². The highest BCUT2D eigenvalue weighted by Gasteiger charge is 2.07. The van der Waals surface area contributed by atoms with Crippen LogP contribution >= 0.6 is 12.4 Å². The first-order valence-electron chi connectivity index (χ1n) is 3.40. The number of aliphatic hydroxyl groups excluding tert-OH is 1. The first kappa shape index (κ1) is 11.2. The van der Waals surface area contributed by atoms with Crippen LogP contribution in [0.3, 0.4) is 0 Å². The Bertz CT molecular complexity index is 242. The Hall–Kier alpha value is -0.770. The van der Waals surface area contributed by atoms with E-state index in [4.69, 9.17) is 10.8 Å². The Kier molecular flexibility index (Phi) is 4.66. The summed E-state index contributed by atoms with van der Waals surface area (Å²) in [4.78, 5) is 0. The molecule has 0 radical (unpaired) electrons. The molecule has 4 N–H and O–H groups in total. The van der Waals surface area contributed by atoms with Gasteiger partial charge in [0.25, 0.3) is 0 Å². The topological polar surface area (TPSA) is 66.5 Å². The van der Waals surface area contributed by atoms with Crippen molar-refractivity contribution in [2.24, 2.45) is 5.73 Å². The SMILES string of the molecule is Cl.NC(CO)c1ccccc1O. The lowest BCUT2D eigenvalue weighted by molar-refractivity contribution is 0.265. The lowest BCUT2D eigenvalue weighted by Crippen LogP contribution is -2.14.